The fraction of sp³-hybridized carbons (Fsp3) is 0.188. The van der Waals surface area contributed by atoms with E-state index in [4.69, 9.17) is 9.47 Å². The fourth-order valence-electron chi connectivity index (χ4n) is 2.25. The minimum Gasteiger partial charge on any atom is -0.419 e. The summed E-state index contributed by atoms with van der Waals surface area (Å²) in [7, 11) is 0. The molecule has 7 nitrogen and oxygen atoms in total. The minimum absolute atomic E-state index is 0.133. The minimum atomic E-state index is -1.32. The summed E-state index contributed by atoms with van der Waals surface area (Å²) >= 11 is 0. The molecule has 3 rings (SSSR count). The lowest BCUT2D eigenvalue weighted by Gasteiger charge is -2.29. The van der Waals surface area contributed by atoms with Gasteiger partial charge in [0.2, 0.25) is 0 Å². The number of rotatable bonds is 2. The van der Waals surface area contributed by atoms with E-state index in [1.807, 2.05) is 0 Å². The molecular formula is C16H13FN2O5. The van der Waals surface area contributed by atoms with Gasteiger partial charge in [0.05, 0.1) is 5.39 Å². The van der Waals surface area contributed by atoms with Crippen LogP contribution in [0.25, 0.3) is 10.8 Å². The Morgan fingerprint density at radius 1 is 1.12 bits per heavy atom. The number of anilines is 1. The van der Waals surface area contributed by atoms with E-state index in [2.05, 4.69) is 10.3 Å². The zero-order valence-electron chi connectivity index (χ0n) is 12.8. The van der Waals surface area contributed by atoms with Crippen molar-refractivity contribution in [3.8, 4) is 0 Å². The van der Waals surface area contributed by atoms with E-state index in [0.29, 0.717) is 5.69 Å². The number of carbonyl (C=O) groups excluding carboxylic acids is 2. The summed E-state index contributed by atoms with van der Waals surface area (Å²) in [5.74, 6) is -3.53. The van der Waals surface area contributed by atoms with E-state index in [0.717, 1.165) is 12.4 Å². The highest BCUT2D eigenvalue weighted by molar-refractivity contribution is 6.15. The van der Waals surface area contributed by atoms with Gasteiger partial charge in [0, 0.05) is 37.3 Å². The SMILES string of the molecule is CC1(C)OC(=O)C(=CNc2ccc3c(F)c[nH]c(=O)c3c2)C(=O)O1. The quantitative estimate of drug-likeness (QED) is 0.494. The summed E-state index contributed by atoms with van der Waals surface area (Å²) in [6.45, 7) is 2.88. The Hall–Kier alpha value is -3.16. The highest BCUT2D eigenvalue weighted by Crippen LogP contribution is 2.23. The van der Waals surface area contributed by atoms with Gasteiger partial charge in [0.1, 0.15) is 5.82 Å². The first-order valence-corrected chi connectivity index (χ1v) is 7.01. The number of esters is 2. The lowest BCUT2D eigenvalue weighted by atomic mass is 10.1. The molecule has 2 heterocycles. The molecule has 1 aliphatic rings. The molecule has 0 radical (unpaired) electrons. The first kappa shape index (κ1) is 15.7. The van der Waals surface area contributed by atoms with Crippen LogP contribution in [0.3, 0.4) is 0 Å². The van der Waals surface area contributed by atoms with Crippen LogP contribution in [0.1, 0.15) is 13.8 Å². The number of nitrogens with one attached hydrogen (secondary N) is 2. The number of hydrogen-bond acceptors (Lipinski definition) is 6. The zero-order valence-corrected chi connectivity index (χ0v) is 12.8. The summed E-state index contributed by atoms with van der Waals surface area (Å²) in [4.78, 5) is 37.7. The van der Waals surface area contributed by atoms with Gasteiger partial charge in [-0.1, -0.05) is 0 Å². The second-order valence-corrected chi connectivity index (χ2v) is 5.61. The standard InChI is InChI=1S/C16H13FN2O5/c1-16(2)23-14(21)11(15(22)24-16)6-18-8-3-4-9-10(5-8)13(20)19-7-12(9)17/h3-7,18H,1-2H3,(H,19,20). The van der Waals surface area contributed by atoms with Gasteiger partial charge in [-0.15, -0.1) is 0 Å². The van der Waals surface area contributed by atoms with Gasteiger partial charge in [-0.2, -0.15) is 0 Å². The second kappa shape index (κ2) is 5.48. The van der Waals surface area contributed by atoms with Crippen molar-refractivity contribution in [2.24, 2.45) is 0 Å². The van der Waals surface area contributed by atoms with Crippen LogP contribution in [0, 0.1) is 5.82 Å². The molecule has 2 N–H and O–H groups in total. The van der Waals surface area contributed by atoms with E-state index in [1.165, 1.54) is 32.0 Å². The van der Waals surface area contributed by atoms with Gasteiger partial charge in [-0.3, -0.25) is 4.79 Å². The third kappa shape index (κ3) is 2.85. The Bertz CT molecular complexity index is 923. The number of H-pyrrole nitrogens is 1. The van der Waals surface area contributed by atoms with E-state index >= 15 is 0 Å². The average molecular weight is 332 g/mol. The summed E-state index contributed by atoms with van der Waals surface area (Å²) in [5, 5.41) is 3.00. The molecule has 8 heteroatoms. The summed E-state index contributed by atoms with van der Waals surface area (Å²) in [5.41, 5.74) is -0.389. The number of halogens is 1. The van der Waals surface area contributed by atoms with Crippen LogP contribution in [-0.4, -0.2) is 22.7 Å². The Balaban J connectivity index is 1.91. The molecule has 0 amide bonds. The summed E-state index contributed by atoms with van der Waals surface area (Å²) in [6.07, 6.45) is 2.10. The van der Waals surface area contributed by atoms with Crippen LogP contribution in [0.5, 0.6) is 0 Å². The molecule has 1 aromatic heterocycles. The smallest absolute Gasteiger partial charge is 0.350 e. The van der Waals surface area contributed by atoms with Crippen molar-refractivity contribution < 1.29 is 23.5 Å². The molecule has 0 atom stereocenters. The van der Waals surface area contributed by atoms with Gasteiger partial charge in [-0.25, -0.2) is 14.0 Å². The molecule has 1 aliphatic heterocycles. The van der Waals surface area contributed by atoms with Gasteiger partial charge in [0.25, 0.3) is 11.3 Å². The molecule has 1 saturated heterocycles. The number of ether oxygens (including phenoxy) is 2. The van der Waals surface area contributed by atoms with E-state index in [-0.39, 0.29) is 16.3 Å². The van der Waals surface area contributed by atoms with Gasteiger partial charge < -0.3 is 19.8 Å². The van der Waals surface area contributed by atoms with Crippen LogP contribution in [0.4, 0.5) is 10.1 Å². The number of carbonyl (C=O) groups is 2. The van der Waals surface area contributed by atoms with Gasteiger partial charge >= 0.3 is 11.9 Å². The van der Waals surface area contributed by atoms with Crippen LogP contribution < -0.4 is 10.9 Å². The fourth-order valence-corrected chi connectivity index (χ4v) is 2.25. The van der Waals surface area contributed by atoms with Crippen LogP contribution in [-0.2, 0) is 19.1 Å². The van der Waals surface area contributed by atoms with E-state index < -0.39 is 29.1 Å². The molecule has 0 unspecified atom stereocenters. The first-order valence-electron chi connectivity index (χ1n) is 7.01. The number of hydrogen-bond donors (Lipinski definition) is 2. The topological polar surface area (TPSA) is 97.5 Å². The normalized spacial score (nSPS) is 16.5. The molecule has 24 heavy (non-hydrogen) atoms. The van der Waals surface area contributed by atoms with Crippen molar-refractivity contribution >= 4 is 28.4 Å². The first-order chi connectivity index (χ1) is 11.3. The molecule has 1 aromatic carbocycles. The molecule has 1 fully saturated rings. The lowest BCUT2D eigenvalue weighted by Crippen LogP contribution is -2.42. The van der Waals surface area contributed by atoms with E-state index in [1.54, 1.807) is 0 Å². The predicted molar refractivity (Wildman–Crippen MR) is 82.5 cm³/mol. The van der Waals surface area contributed by atoms with Crippen LogP contribution in [0.15, 0.2) is 41.0 Å². The third-order valence-corrected chi connectivity index (χ3v) is 3.35. The monoisotopic (exact) mass is 332 g/mol. The van der Waals surface area contributed by atoms with Crippen molar-refractivity contribution in [2.75, 3.05) is 5.32 Å². The number of aromatic amines is 1. The number of aromatic nitrogens is 1. The lowest BCUT2D eigenvalue weighted by molar-refractivity contribution is -0.222. The molecule has 0 saturated carbocycles. The number of benzene rings is 1. The Morgan fingerprint density at radius 2 is 1.79 bits per heavy atom. The average Bonchev–Trinajstić information content (AvgIpc) is 2.49. The predicted octanol–water partition coefficient (Wildman–Crippen LogP) is 1.80. The highest BCUT2D eigenvalue weighted by atomic mass is 19.1. The van der Waals surface area contributed by atoms with Crippen molar-refractivity contribution in [3.63, 3.8) is 0 Å². The molecule has 0 spiro atoms. The molecule has 2 aromatic rings. The number of fused-ring (bicyclic) bond motifs is 1. The molecular weight excluding hydrogens is 319 g/mol. The zero-order chi connectivity index (χ0) is 17.5. The Labute approximate surface area is 135 Å². The molecule has 124 valence electrons. The van der Waals surface area contributed by atoms with Crippen molar-refractivity contribution in [1.29, 1.82) is 0 Å². The second-order valence-electron chi connectivity index (χ2n) is 5.61. The van der Waals surface area contributed by atoms with Crippen molar-refractivity contribution in [3.05, 3.63) is 52.3 Å². The maximum atomic E-state index is 13.6. The molecule has 0 aliphatic carbocycles. The number of pyridine rings is 1. The Kier molecular flexibility index (Phi) is 3.59. The van der Waals surface area contributed by atoms with Gasteiger partial charge in [0.15, 0.2) is 5.57 Å². The van der Waals surface area contributed by atoms with Gasteiger partial charge in [-0.05, 0) is 18.2 Å². The molecule has 0 bridgehead atoms. The maximum Gasteiger partial charge on any atom is 0.350 e. The largest absolute Gasteiger partial charge is 0.419 e. The highest BCUT2D eigenvalue weighted by Gasteiger charge is 2.38. The van der Waals surface area contributed by atoms with Crippen molar-refractivity contribution in [1.82, 2.24) is 4.98 Å². The Morgan fingerprint density at radius 3 is 2.46 bits per heavy atom. The van der Waals surface area contributed by atoms with E-state index in [9.17, 15) is 18.8 Å². The summed E-state index contributed by atoms with van der Waals surface area (Å²) < 4.78 is 23.5. The van der Waals surface area contributed by atoms with Crippen LogP contribution in [0.2, 0.25) is 0 Å². The van der Waals surface area contributed by atoms with Crippen molar-refractivity contribution in [2.45, 2.75) is 19.6 Å². The van der Waals surface area contributed by atoms with Crippen LogP contribution >= 0.6 is 0 Å². The third-order valence-electron chi connectivity index (χ3n) is 3.35. The number of cyclic esters (lactones) is 2. The maximum absolute atomic E-state index is 13.6. The summed E-state index contributed by atoms with van der Waals surface area (Å²) in [6, 6.07) is 4.32.